The molecule has 0 aliphatic rings. The highest BCUT2D eigenvalue weighted by atomic mass is 32.2. The van der Waals surface area contributed by atoms with Crippen molar-refractivity contribution in [1.29, 1.82) is 0 Å². The van der Waals surface area contributed by atoms with Gasteiger partial charge >= 0.3 is 0 Å². The Balaban J connectivity index is 2.82. The summed E-state index contributed by atoms with van der Waals surface area (Å²) in [6.07, 6.45) is -0.925. The van der Waals surface area contributed by atoms with Crippen molar-refractivity contribution in [2.45, 2.75) is 25.0 Å². The largest absolute Gasteiger partial charge is 0.379 e. The molecule has 0 amide bonds. The lowest BCUT2D eigenvalue weighted by atomic mass is 10.2. The van der Waals surface area contributed by atoms with Crippen LogP contribution in [0.5, 0.6) is 0 Å². The van der Waals surface area contributed by atoms with Crippen molar-refractivity contribution in [3.8, 4) is 0 Å². The van der Waals surface area contributed by atoms with Crippen LogP contribution in [0.3, 0.4) is 0 Å². The quantitative estimate of drug-likeness (QED) is 0.559. The number of methoxy groups -OCH3 is 1. The van der Waals surface area contributed by atoms with Gasteiger partial charge in [0.2, 0.25) is 0 Å². The van der Waals surface area contributed by atoms with Crippen LogP contribution >= 0.6 is 0 Å². The van der Waals surface area contributed by atoms with Gasteiger partial charge in [0.1, 0.15) is 0 Å². The third-order valence-electron chi connectivity index (χ3n) is 2.20. The van der Waals surface area contributed by atoms with Gasteiger partial charge in [0.25, 0.3) is 10.1 Å². The van der Waals surface area contributed by atoms with Crippen LogP contribution in [0.4, 0.5) is 0 Å². The molecule has 0 saturated carbocycles. The molecule has 6 heteroatoms. The van der Waals surface area contributed by atoms with E-state index in [9.17, 15) is 8.42 Å². The summed E-state index contributed by atoms with van der Waals surface area (Å²) in [7, 11) is -2.37. The van der Waals surface area contributed by atoms with Gasteiger partial charge in [-0.25, -0.2) is 4.18 Å². The maximum Gasteiger partial charge on any atom is 0.299 e. The Bertz CT molecular complexity index is 446. The highest BCUT2D eigenvalue weighted by Gasteiger charge is 2.21. The third kappa shape index (κ3) is 4.38. The molecule has 0 N–H and O–H groups in total. The smallest absolute Gasteiger partial charge is 0.299 e. The van der Waals surface area contributed by atoms with Crippen LogP contribution in [0, 0.1) is 6.92 Å². The van der Waals surface area contributed by atoms with Crippen molar-refractivity contribution < 1.29 is 22.1 Å². The summed E-state index contributed by atoms with van der Waals surface area (Å²) in [5.74, 6) is 0. The van der Waals surface area contributed by atoms with Gasteiger partial charge in [-0.15, -0.1) is 0 Å². The van der Waals surface area contributed by atoms with Crippen molar-refractivity contribution in [3.05, 3.63) is 29.8 Å². The van der Waals surface area contributed by atoms with Crippen molar-refractivity contribution in [2.75, 3.05) is 20.3 Å². The monoisotopic (exact) mass is 274 g/mol. The van der Waals surface area contributed by atoms with Crippen molar-refractivity contribution >= 4 is 10.1 Å². The molecule has 0 radical (unpaired) electrons. The van der Waals surface area contributed by atoms with Gasteiger partial charge in [-0.3, -0.25) is 0 Å². The van der Waals surface area contributed by atoms with Crippen LogP contribution in [0.1, 0.15) is 12.5 Å². The summed E-state index contributed by atoms with van der Waals surface area (Å²) in [6, 6.07) is 6.42. The van der Waals surface area contributed by atoms with E-state index in [1.54, 1.807) is 19.1 Å². The minimum absolute atomic E-state index is 0.0545. The molecule has 1 aromatic carbocycles. The zero-order valence-electron chi connectivity index (χ0n) is 10.8. The second kappa shape index (κ2) is 6.84. The molecule has 0 aliphatic heterocycles. The van der Waals surface area contributed by atoms with Gasteiger partial charge in [-0.05, 0) is 26.0 Å². The van der Waals surface area contributed by atoms with Gasteiger partial charge in [-0.2, -0.15) is 8.42 Å². The first-order valence-electron chi connectivity index (χ1n) is 5.60. The molecule has 0 heterocycles. The molecule has 1 rings (SSSR count). The van der Waals surface area contributed by atoms with E-state index < -0.39 is 16.4 Å². The second-order valence-electron chi connectivity index (χ2n) is 3.70. The maximum absolute atomic E-state index is 11.9. The Hall–Kier alpha value is -0.950. The van der Waals surface area contributed by atoms with Gasteiger partial charge in [0, 0.05) is 13.7 Å². The van der Waals surface area contributed by atoms with Gasteiger partial charge in [-0.1, -0.05) is 17.7 Å². The lowest BCUT2D eigenvalue weighted by molar-refractivity contribution is -0.107. The topological polar surface area (TPSA) is 61.8 Å². The Morgan fingerprint density at radius 2 is 1.83 bits per heavy atom. The van der Waals surface area contributed by atoms with E-state index in [4.69, 9.17) is 13.7 Å². The van der Waals surface area contributed by atoms with Crippen molar-refractivity contribution in [3.63, 3.8) is 0 Å². The highest BCUT2D eigenvalue weighted by Crippen LogP contribution is 2.15. The fourth-order valence-corrected chi connectivity index (χ4v) is 2.30. The number of hydrogen-bond donors (Lipinski definition) is 0. The molecule has 0 aromatic heterocycles. The van der Waals surface area contributed by atoms with E-state index in [2.05, 4.69) is 0 Å². The van der Waals surface area contributed by atoms with Crippen LogP contribution in [0.15, 0.2) is 29.2 Å². The first-order chi connectivity index (χ1) is 8.49. The van der Waals surface area contributed by atoms with Crippen LogP contribution in [-0.2, 0) is 23.8 Å². The number of benzene rings is 1. The predicted molar refractivity (Wildman–Crippen MR) is 66.7 cm³/mol. The standard InChI is InChI=1S/C12H18O5S/c1-4-16-12(9-15-3)17-18(13,14)11-7-5-10(2)6-8-11/h5-8,12H,4,9H2,1-3H3. The summed E-state index contributed by atoms with van der Waals surface area (Å²) in [6.45, 7) is 4.03. The summed E-state index contributed by atoms with van der Waals surface area (Å²) in [5, 5.41) is 0. The van der Waals surface area contributed by atoms with Crippen LogP contribution in [0.25, 0.3) is 0 Å². The molecule has 1 unspecified atom stereocenters. The molecule has 0 bridgehead atoms. The number of hydrogen-bond acceptors (Lipinski definition) is 5. The summed E-state index contributed by atoms with van der Waals surface area (Å²) in [4.78, 5) is 0.105. The van der Waals surface area contributed by atoms with Crippen molar-refractivity contribution in [2.24, 2.45) is 0 Å². The number of rotatable bonds is 7. The van der Waals surface area contributed by atoms with Gasteiger partial charge in [0.05, 0.1) is 11.5 Å². The van der Waals surface area contributed by atoms with Crippen molar-refractivity contribution in [1.82, 2.24) is 0 Å². The average Bonchev–Trinajstić information content (AvgIpc) is 2.29. The molecular weight excluding hydrogens is 256 g/mol. The van der Waals surface area contributed by atoms with Crippen LogP contribution in [-0.4, -0.2) is 35.0 Å². The van der Waals surface area contributed by atoms with E-state index in [0.29, 0.717) is 6.61 Å². The number of aryl methyl sites for hydroxylation is 1. The molecular formula is C12H18O5S. The molecule has 18 heavy (non-hydrogen) atoms. The van der Waals surface area contributed by atoms with E-state index in [0.717, 1.165) is 5.56 Å². The Morgan fingerprint density at radius 3 is 2.33 bits per heavy atom. The first kappa shape index (κ1) is 15.1. The molecule has 102 valence electrons. The Morgan fingerprint density at radius 1 is 1.22 bits per heavy atom. The van der Waals surface area contributed by atoms with Gasteiger partial charge in [0.15, 0.2) is 6.29 Å². The minimum Gasteiger partial charge on any atom is -0.379 e. The molecule has 0 aliphatic carbocycles. The van der Waals surface area contributed by atoms with Crippen LogP contribution in [0.2, 0.25) is 0 Å². The first-order valence-corrected chi connectivity index (χ1v) is 7.01. The predicted octanol–water partition coefficient (Wildman–Crippen LogP) is 1.71. The Kier molecular flexibility index (Phi) is 5.74. The lowest BCUT2D eigenvalue weighted by Gasteiger charge is -2.16. The highest BCUT2D eigenvalue weighted by molar-refractivity contribution is 7.86. The third-order valence-corrected chi connectivity index (χ3v) is 3.52. The molecule has 0 fully saturated rings. The lowest BCUT2D eigenvalue weighted by Crippen LogP contribution is -2.26. The summed E-state index contributed by atoms with van der Waals surface area (Å²) < 4.78 is 38.8. The SMILES string of the molecule is CCOC(COC)OS(=O)(=O)c1ccc(C)cc1. The molecule has 1 atom stereocenters. The normalized spacial score (nSPS) is 13.5. The zero-order valence-corrected chi connectivity index (χ0v) is 11.6. The number of ether oxygens (including phenoxy) is 2. The van der Waals surface area contributed by atoms with E-state index >= 15 is 0 Å². The van der Waals surface area contributed by atoms with E-state index in [1.165, 1.54) is 19.2 Å². The van der Waals surface area contributed by atoms with Gasteiger partial charge < -0.3 is 9.47 Å². The summed E-state index contributed by atoms with van der Waals surface area (Å²) >= 11 is 0. The van der Waals surface area contributed by atoms with Crippen LogP contribution < -0.4 is 0 Å². The fourth-order valence-electron chi connectivity index (χ4n) is 1.33. The second-order valence-corrected chi connectivity index (χ2v) is 5.28. The maximum atomic E-state index is 11.9. The van der Waals surface area contributed by atoms with E-state index in [1.807, 2.05) is 6.92 Å². The fraction of sp³-hybridized carbons (Fsp3) is 0.500. The molecule has 0 saturated heterocycles. The molecule has 5 nitrogen and oxygen atoms in total. The molecule has 0 spiro atoms. The minimum atomic E-state index is -3.83. The summed E-state index contributed by atoms with van der Waals surface area (Å²) in [5.41, 5.74) is 0.979. The average molecular weight is 274 g/mol. The molecule has 1 aromatic rings. The zero-order chi connectivity index (χ0) is 13.6. The Labute approximate surface area is 108 Å². The van der Waals surface area contributed by atoms with E-state index in [-0.39, 0.29) is 11.5 Å².